The second-order valence-electron chi connectivity index (χ2n) is 27.0. The van der Waals surface area contributed by atoms with Crippen LogP contribution in [-0.4, -0.2) is 172 Å². The fraction of sp³-hybridized carbons (Fsp3) is 0.241. The van der Waals surface area contributed by atoms with Crippen LogP contribution < -0.4 is 52.1 Å². The van der Waals surface area contributed by atoms with Crippen LogP contribution in [0, 0.1) is 0 Å². The first kappa shape index (κ1) is 85.5. The third-order valence-corrected chi connectivity index (χ3v) is 20.8. The average Bonchev–Trinajstić information content (AvgIpc) is 0.788. The molecular weight excluding hydrogens is 1560 g/mol. The second-order valence-corrected chi connectivity index (χ2v) is 32.0. The molecule has 0 fully saturated rings. The van der Waals surface area contributed by atoms with E-state index in [2.05, 4.69) is 94.7 Å². The summed E-state index contributed by atoms with van der Waals surface area (Å²) >= 11 is 0. The van der Waals surface area contributed by atoms with E-state index in [1.165, 1.54) is 94.9 Å². The van der Waals surface area contributed by atoms with E-state index >= 15 is 0 Å². The van der Waals surface area contributed by atoms with Crippen molar-refractivity contribution in [3.8, 4) is 104 Å². The minimum absolute atomic E-state index is 0.0188. The summed E-state index contributed by atoms with van der Waals surface area (Å²) in [7, 11) is -8.18. The normalized spacial score (nSPS) is 11.6. The minimum Gasteiger partial charge on any atom is -0.504 e. The number of anilines is 3. The van der Waals surface area contributed by atoms with Crippen LogP contribution in [0.15, 0.2) is 216 Å². The Balaban J connectivity index is 0.000000184. The Morgan fingerprint density at radius 2 is 0.629 bits per heavy atom. The predicted octanol–water partition coefficient (Wildman–Crippen LogP) is 10.9. The van der Waals surface area contributed by atoms with Gasteiger partial charge in [0.05, 0.1) is 62.4 Å². The lowest BCUT2D eigenvalue weighted by Crippen LogP contribution is -2.22. The van der Waals surface area contributed by atoms with E-state index in [0.717, 1.165) is 16.7 Å². The van der Waals surface area contributed by atoms with Crippen molar-refractivity contribution in [1.29, 1.82) is 0 Å². The number of aromatic nitrogens is 12. The number of rotatable bonds is 31. The number of nitrogens with one attached hydrogen (secondary N) is 3. The molecule has 6 aromatic carbocycles. The number of methoxy groups -OCH3 is 3. The van der Waals surface area contributed by atoms with E-state index in [0.29, 0.717) is 17.2 Å². The van der Waals surface area contributed by atoms with Gasteiger partial charge < -0.3 is 63.4 Å². The Bertz CT molecular complexity index is 5680. The standard InChI is InChI=1S/C27H29N5O7S.C26H27N5O7S.C26H27N5O5S/c1-27(2,17-34)18-9-11-19(12-10-18)40(35,36)32-23-22(39-21-8-5-4-7-20(21)37-3)26(38-16-15-33)31-25(30-23)24-28-13-6-14-29-24;1-26(2,16-33)17-8-10-18(11-9-17)39(35,36)31-22-21(38-20-7-4-3-6-19(20)34)25(37-15-14-32)30-24(29-22)23-27-12-5-13-28-23;1-26(2,3)17-11-13-18(14-12-17)37(32,33)31-22-21(36-20-10-7-6-9-19(20)34-4)25(35-5)30-24(29-22)23-27-15-8-16-28-23/h4-14,33-34H,15-17H2,1-3H3,(H,30,31,32);3-13,32-34H,14-16H2,1-2H3,(H,29,30,31);6-16H,1-5H3,(H,29,30,31). The van der Waals surface area contributed by atoms with E-state index in [1.54, 1.807) is 127 Å². The maximum atomic E-state index is 13.5. The highest BCUT2D eigenvalue weighted by Gasteiger charge is 2.32. The van der Waals surface area contributed by atoms with Gasteiger partial charge in [-0.3, -0.25) is 14.2 Å². The average molecular weight is 1640 g/mol. The quantitative estimate of drug-likeness (QED) is 0.0200. The molecule has 37 heteroatoms. The summed E-state index contributed by atoms with van der Waals surface area (Å²) in [4.78, 5) is 50.8. The Hall–Kier alpha value is -12.9. The molecule has 0 aliphatic heterocycles. The van der Waals surface area contributed by atoms with Gasteiger partial charge in [-0.2, -0.15) is 15.0 Å². The van der Waals surface area contributed by atoms with Crippen molar-refractivity contribution >= 4 is 47.5 Å². The van der Waals surface area contributed by atoms with E-state index in [1.807, 2.05) is 27.7 Å². The molecule has 0 aliphatic rings. The van der Waals surface area contributed by atoms with Gasteiger partial charge in [-0.25, -0.2) is 70.1 Å². The third kappa shape index (κ3) is 21.5. The maximum absolute atomic E-state index is 13.5. The predicted molar refractivity (Wildman–Crippen MR) is 426 cm³/mol. The molecule has 0 saturated carbocycles. The molecule has 0 unspecified atom stereocenters. The number of aliphatic hydroxyl groups excluding tert-OH is 4. The van der Waals surface area contributed by atoms with Gasteiger partial charge in [0.2, 0.25) is 34.7 Å². The van der Waals surface area contributed by atoms with Crippen LogP contribution in [0.25, 0.3) is 34.9 Å². The van der Waals surface area contributed by atoms with Gasteiger partial charge in [0, 0.05) is 48.0 Å². The lowest BCUT2D eigenvalue weighted by Gasteiger charge is -2.22. The lowest BCUT2D eigenvalue weighted by molar-refractivity contribution is 0.192. The smallest absolute Gasteiger partial charge is 0.263 e. The molecule has 606 valence electrons. The molecule has 0 radical (unpaired) electrons. The van der Waals surface area contributed by atoms with Crippen molar-refractivity contribution in [1.82, 2.24) is 59.8 Å². The van der Waals surface area contributed by atoms with Crippen LogP contribution in [0.2, 0.25) is 0 Å². The van der Waals surface area contributed by atoms with Gasteiger partial charge >= 0.3 is 0 Å². The van der Waals surface area contributed by atoms with E-state index in [4.69, 9.17) is 37.9 Å². The molecule has 12 aromatic rings. The van der Waals surface area contributed by atoms with Gasteiger partial charge in [-0.15, -0.1) is 0 Å². The molecule has 12 rings (SSSR count). The van der Waals surface area contributed by atoms with Crippen molar-refractivity contribution < 1.29 is 88.7 Å². The summed E-state index contributed by atoms with van der Waals surface area (Å²) in [5.74, 6) is -0.219. The SMILES string of the molecule is CC(C)(CO)c1ccc(S(=O)(=O)Nc2nc(-c3ncccn3)nc(OCCO)c2Oc2ccccc2O)cc1.COc1ccccc1Oc1c(NS(=O)(=O)c2ccc(C(C)(C)C)cc2)nc(-c2ncccn2)nc1OC.COc1ccccc1Oc1c(NS(=O)(=O)c2ccc(C(C)(C)CO)cc2)nc(-c2ncccn2)nc1OCCO. The van der Waals surface area contributed by atoms with Crippen molar-refractivity contribution in [2.75, 3.05) is 75.1 Å². The second kappa shape index (κ2) is 37.8. The third-order valence-electron chi connectivity index (χ3n) is 16.7. The van der Waals surface area contributed by atoms with E-state index in [9.17, 15) is 50.8 Å². The Labute approximate surface area is 668 Å². The van der Waals surface area contributed by atoms with Crippen LogP contribution in [0.5, 0.6) is 69.4 Å². The molecule has 6 heterocycles. The number of para-hydroxylation sites is 6. The number of hydrogen-bond donors (Lipinski definition) is 8. The molecule has 116 heavy (non-hydrogen) atoms. The van der Waals surface area contributed by atoms with Crippen LogP contribution in [0.1, 0.15) is 65.2 Å². The number of hydrogen-bond acceptors (Lipinski definition) is 31. The fourth-order valence-electron chi connectivity index (χ4n) is 10.3. The number of nitrogens with zero attached hydrogens (tertiary/aromatic N) is 12. The molecule has 0 saturated heterocycles. The zero-order chi connectivity index (χ0) is 83.4. The summed E-state index contributed by atoms with van der Waals surface area (Å²) in [5, 5.41) is 48.3. The van der Waals surface area contributed by atoms with Crippen molar-refractivity contribution in [3.05, 3.63) is 218 Å². The highest BCUT2D eigenvalue weighted by atomic mass is 32.2. The molecule has 34 nitrogen and oxygen atoms in total. The maximum Gasteiger partial charge on any atom is 0.263 e. The highest BCUT2D eigenvalue weighted by molar-refractivity contribution is 7.93. The molecule has 0 aliphatic carbocycles. The summed E-state index contributed by atoms with van der Waals surface area (Å²) < 4.78 is 133. The number of benzene rings is 6. The zero-order valence-corrected chi connectivity index (χ0v) is 66.8. The molecule has 0 amide bonds. The van der Waals surface area contributed by atoms with E-state index < -0.39 is 40.9 Å². The van der Waals surface area contributed by atoms with Crippen molar-refractivity contribution in [2.24, 2.45) is 0 Å². The van der Waals surface area contributed by atoms with Crippen molar-refractivity contribution in [3.63, 3.8) is 0 Å². The summed E-state index contributed by atoms with van der Waals surface area (Å²) in [6.45, 7) is 12.2. The van der Waals surface area contributed by atoms with E-state index in [-0.39, 0.29) is 164 Å². The summed E-state index contributed by atoms with van der Waals surface area (Å²) in [5.41, 5.74) is 1.26. The molecule has 6 aromatic heterocycles. The number of ether oxygens (including phenoxy) is 8. The number of aliphatic hydroxyl groups is 4. The van der Waals surface area contributed by atoms with Crippen LogP contribution >= 0.6 is 0 Å². The molecule has 8 N–H and O–H groups in total. The lowest BCUT2D eigenvalue weighted by atomic mass is 9.86. The van der Waals surface area contributed by atoms with Gasteiger partial charge in [0.15, 0.2) is 69.4 Å². The van der Waals surface area contributed by atoms with Gasteiger partial charge in [-0.1, -0.05) is 121 Å². The first-order chi connectivity index (χ1) is 55.4. The fourth-order valence-corrected chi connectivity index (χ4v) is 13.3. The van der Waals surface area contributed by atoms with Crippen LogP contribution in [0.3, 0.4) is 0 Å². The first-order valence-electron chi connectivity index (χ1n) is 35.2. The number of aromatic hydroxyl groups is 1. The minimum atomic E-state index is -4.23. The number of phenols is 1. The van der Waals surface area contributed by atoms with Crippen LogP contribution in [-0.2, 0) is 46.3 Å². The van der Waals surface area contributed by atoms with Gasteiger partial charge in [0.1, 0.15) is 13.2 Å². The summed E-state index contributed by atoms with van der Waals surface area (Å²) in [6, 6.07) is 43.3. The monoisotopic (exact) mass is 1640 g/mol. The number of sulfonamides is 3. The molecule has 0 atom stereocenters. The zero-order valence-electron chi connectivity index (χ0n) is 64.3. The summed E-state index contributed by atoms with van der Waals surface area (Å²) in [6.07, 6.45) is 8.95. The number of phenolic OH excluding ortho intramolecular Hbond substituents is 1. The Morgan fingerprint density at radius 3 is 0.931 bits per heavy atom. The molecule has 0 bridgehead atoms. The molecule has 0 spiro atoms. The van der Waals surface area contributed by atoms with Crippen LogP contribution in [0.4, 0.5) is 17.5 Å². The van der Waals surface area contributed by atoms with Gasteiger partial charge in [0.25, 0.3) is 47.7 Å². The first-order valence-corrected chi connectivity index (χ1v) is 39.7. The molecular formula is C79H83N15O19S3. The van der Waals surface area contributed by atoms with Gasteiger partial charge in [-0.05, 0) is 113 Å². The largest absolute Gasteiger partial charge is 0.504 e. The Kier molecular flexibility index (Phi) is 27.9. The van der Waals surface area contributed by atoms with Crippen molar-refractivity contribution in [2.45, 2.75) is 79.4 Å². The topological polar surface area (TPSA) is 468 Å². The Morgan fingerprint density at radius 1 is 0.336 bits per heavy atom. The highest BCUT2D eigenvalue weighted by Crippen LogP contribution is 2.45.